The molecule has 0 atom stereocenters. The van der Waals surface area contributed by atoms with E-state index in [4.69, 9.17) is 4.74 Å². The number of unbranched alkanes of at least 4 members (excludes halogenated alkanes) is 1. The Balaban J connectivity index is 1.16. The smallest absolute Gasteiger partial charge is 0.251 e. The van der Waals surface area contributed by atoms with Crippen LogP contribution in [0.1, 0.15) is 122 Å². The maximum atomic E-state index is 13.1. The number of thioether (sulfide) groups is 1. The van der Waals surface area contributed by atoms with Crippen molar-refractivity contribution in [2.75, 3.05) is 105 Å². The van der Waals surface area contributed by atoms with E-state index in [0.717, 1.165) is 31.8 Å². The normalized spacial score (nSPS) is 16.5. The lowest BCUT2D eigenvalue weighted by atomic mass is 9.80. The van der Waals surface area contributed by atoms with Crippen LogP contribution >= 0.6 is 11.8 Å². The fourth-order valence-electron chi connectivity index (χ4n) is 7.39. The van der Waals surface area contributed by atoms with E-state index in [1.165, 1.54) is 134 Å². The third kappa shape index (κ3) is 20.5. The quantitative estimate of drug-likeness (QED) is 0.0521. The van der Waals surface area contributed by atoms with Gasteiger partial charge in [0.15, 0.2) is 0 Å². The summed E-state index contributed by atoms with van der Waals surface area (Å²) in [7, 11) is 6.81. The molecule has 300 valence electrons. The Bertz CT molecular complexity index is 1070. The number of carbonyl (C=O) groups is 1. The largest absolute Gasteiger partial charge is 0.375 e. The van der Waals surface area contributed by atoms with Crippen molar-refractivity contribution < 1.29 is 9.53 Å². The highest BCUT2D eigenvalue weighted by Crippen LogP contribution is 2.33. The van der Waals surface area contributed by atoms with Crippen molar-refractivity contribution in [3.05, 3.63) is 29.8 Å². The number of benzene rings is 1. The van der Waals surface area contributed by atoms with Gasteiger partial charge in [-0.3, -0.25) is 4.79 Å². The summed E-state index contributed by atoms with van der Waals surface area (Å²) in [6.07, 6.45) is 16.4. The van der Waals surface area contributed by atoms with Gasteiger partial charge >= 0.3 is 0 Å². The Morgan fingerprint density at radius 2 is 1.33 bits per heavy atom. The summed E-state index contributed by atoms with van der Waals surface area (Å²) in [6.45, 7) is 22.5. The number of ether oxygens (including phenoxy) is 1. The van der Waals surface area contributed by atoms with Crippen LogP contribution in [-0.4, -0.2) is 142 Å². The Morgan fingerprint density at radius 3 is 1.94 bits per heavy atom. The first kappa shape index (κ1) is 45.2. The molecule has 0 radical (unpaired) electrons. The van der Waals surface area contributed by atoms with Gasteiger partial charge in [0.1, 0.15) is 0 Å². The van der Waals surface area contributed by atoms with Gasteiger partial charge in [-0.05, 0) is 183 Å². The first-order valence-corrected chi connectivity index (χ1v) is 22.1. The molecule has 1 aliphatic carbocycles. The molecule has 3 rings (SSSR count). The first-order valence-electron chi connectivity index (χ1n) is 21.1. The van der Waals surface area contributed by atoms with Gasteiger partial charge in [-0.2, -0.15) is 0 Å². The van der Waals surface area contributed by atoms with E-state index < -0.39 is 0 Å². The molecule has 0 aromatic heterocycles. The van der Waals surface area contributed by atoms with Crippen LogP contribution in [0.3, 0.4) is 0 Å². The molecule has 2 aliphatic rings. The fraction of sp³-hybridized carbons (Fsp3) is 0.837. The number of rotatable bonds is 28. The fourth-order valence-corrected chi connectivity index (χ4v) is 8.20. The second kappa shape index (κ2) is 25.1. The molecular formula is C43H80N6O2S. The molecule has 1 aromatic rings. The standard InChI is InChI=1S/C43H80N6O2S/c1-42(2,24-36-51-43(3,4)39-18-11-9-8-10-12-19-39)45-41(50)38-20-22-40(23-21-38)52-37-26-44-25-15-29-46(5)27-13-14-28-47(6)30-16-31-48(7)32-17-33-49-34-35-49/h20-23,39,44H,8-19,24-37H2,1-7H3,(H,45,50). The van der Waals surface area contributed by atoms with E-state index in [-0.39, 0.29) is 17.0 Å². The maximum Gasteiger partial charge on any atom is 0.251 e. The zero-order valence-corrected chi connectivity index (χ0v) is 35.6. The molecule has 0 spiro atoms. The van der Waals surface area contributed by atoms with Crippen molar-refractivity contribution in [1.82, 2.24) is 30.2 Å². The molecule has 1 saturated carbocycles. The lowest BCUT2D eigenvalue weighted by molar-refractivity contribution is -0.0719. The first-order chi connectivity index (χ1) is 24.9. The second-order valence-corrected chi connectivity index (χ2v) is 18.4. The van der Waals surface area contributed by atoms with Gasteiger partial charge in [-0.1, -0.05) is 32.1 Å². The molecule has 52 heavy (non-hydrogen) atoms. The van der Waals surface area contributed by atoms with E-state index >= 15 is 0 Å². The molecule has 0 bridgehead atoms. The van der Waals surface area contributed by atoms with Crippen LogP contribution in [0.25, 0.3) is 0 Å². The van der Waals surface area contributed by atoms with Crippen LogP contribution in [-0.2, 0) is 4.74 Å². The molecular weight excluding hydrogens is 665 g/mol. The zero-order valence-electron chi connectivity index (χ0n) is 34.8. The molecule has 1 aromatic carbocycles. The Labute approximate surface area is 324 Å². The van der Waals surface area contributed by atoms with Gasteiger partial charge in [-0.25, -0.2) is 0 Å². The summed E-state index contributed by atoms with van der Waals surface area (Å²) in [5.74, 6) is 1.63. The Hall–Kier alpha value is -1.20. The van der Waals surface area contributed by atoms with E-state index in [1.54, 1.807) is 0 Å². The summed E-state index contributed by atoms with van der Waals surface area (Å²) in [4.78, 5) is 24.3. The second-order valence-electron chi connectivity index (χ2n) is 17.2. The van der Waals surface area contributed by atoms with Crippen molar-refractivity contribution in [3.63, 3.8) is 0 Å². The third-order valence-corrected chi connectivity index (χ3v) is 12.3. The van der Waals surface area contributed by atoms with Crippen molar-refractivity contribution in [2.45, 2.75) is 127 Å². The molecule has 1 aliphatic heterocycles. The van der Waals surface area contributed by atoms with Crippen LogP contribution in [0.2, 0.25) is 0 Å². The minimum atomic E-state index is -0.330. The van der Waals surface area contributed by atoms with Crippen LogP contribution in [0, 0.1) is 5.92 Å². The zero-order chi connectivity index (χ0) is 37.7. The van der Waals surface area contributed by atoms with Crippen molar-refractivity contribution in [3.8, 4) is 0 Å². The number of amides is 1. The molecule has 9 heteroatoms. The number of hydrogen-bond donors (Lipinski definition) is 2. The Kier molecular flexibility index (Phi) is 21.8. The number of nitrogens with one attached hydrogen (secondary N) is 2. The van der Waals surface area contributed by atoms with Crippen LogP contribution in [0.15, 0.2) is 29.2 Å². The van der Waals surface area contributed by atoms with Gasteiger partial charge in [0, 0.05) is 48.0 Å². The predicted molar refractivity (Wildman–Crippen MR) is 224 cm³/mol. The van der Waals surface area contributed by atoms with Gasteiger partial charge < -0.3 is 35.0 Å². The molecule has 1 saturated heterocycles. The SMILES string of the molecule is CN(CCCCN(C)CCCN(C)CCCN1CC1)CCCNCCSc1ccc(C(=O)NC(C)(C)CCOC(C)(C)C2CCCCCCC2)cc1. The monoisotopic (exact) mass is 745 g/mol. The van der Waals surface area contributed by atoms with Crippen LogP contribution in [0.4, 0.5) is 0 Å². The molecule has 1 heterocycles. The average Bonchev–Trinajstić information content (AvgIpc) is 3.90. The van der Waals surface area contributed by atoms with Gasteiger partial charge in [0.25, 0.3) is 5.91 Å². The maximum absolute atomic E-state index is 13.1. The van der Waals surface area contributed by atoms with E-state index in [1.807, 2.05) is 23.9 Å². The van der Waals surface area contributed by atoms with Gasteiger partial charge in [0.2, 0.25) is 0 Å². The van der Waals surface area contributed by atoms with E-state index in [0.29, 0.717) is 18.1 Å². The summed E-state index contributed by atoms with van der Waals surface area (Å²) < 4.78 is 6.47. The minimum Gasteiger partial charge on any atom is -0.375 e. The lowest BCUT2D eigenvalue weighted by Gasteiger charge is -2.37. The topological polar surface area (TPSA) is 63.1 Å². The summed E-state index contributed by atoms with van der Waals surface area (Å²) in [5.41, 5.74) is 0.274. The Morgan fingerprint density at radius 1 is 0.769 bits per heavy atom. The molecule has 2 N–H and O–H groups in total. The molecule has 2 fully saturated rings. The summed E-state index contributed by atoms with van der Waals surface area (Å²) in [6, 6.07) is 8.07. The van der Waals surface area contributed by atoms with E-state index in [2.05, 4.69) is 91.2 Å². The van der Waals surface area contributed by atoms with Crippen molar-refractivity contribution in [2.24, 2.45) is 5.92 Å². The number of carbonyl (C=O) groups excluding carboxylic acids is 1. The van der Waals surface area contributed by atoms with Crippen molar-refractivity contribution in [1.29, 1.82) is 0 Å². The van der Waals surface area contributed by atoms with Crippen LogP contribution < -0.4 is 10.6 Å². The lowest BCUT2D eigenvalue weighted by Crippen LogP contribution is -2.45. The average molecular weight is 745 g/mol. The van der Waals surface area contributed by atoms with Crippen molar-refractivity contribution >= 4 is 17.7 Å². The highest BCUT2D eigenvalue weighted by Gasteiger charge is 2.31. The third-order valence-electron chi connectivity index (χ3n) is 11.3. The van der Waals surface area contributed by atoms with Crippen LogP contribution in [0.5, 0.6) is 0 Å². The summed E-state index contributed by atoms with van der Waals surface area (Å²) >= 11 is 1.84. The predicted octanol–water partition coefficient (Wildman–Crippen LogP) is 7.48. The number of nitrogens with zero attached hydrogens (tertiary/aromatic N) is 4. The number of hydrogen-bond acceptors (Lipinski definition) is 8. The molecule has 1 amide bonds. The molecule has 0 unspecified atom stereocenters. The minimum absolute atomic E-state index is 0.0120. The molecule has 8 nitrogen and oxygen atoms in total. The van der Waals surface area contributed by atoms with E-state index in [9.17, 15) is 4.79 Å². The highest BCUT2D eigenvalue weighted by molar-refractivity contribution is 7.99. The summed E-state index contributed by atoms with van der Waals surface area (Å²) in [5, 5.41) is 6.86. The highest BCUT2D eigenvalue weighted by atomic mass is 32.2. The van der Waals surface area contributed by atoms with Gasteiger partial charge in [0.05, 0.1) is 5.60 Å². The van der Waals surface area contributed by atoms with Gasteiger partial charge in [-0.15, -0.1) is 11.8 Å².